The van der Waals surface area contributed by atoms with Crippen LogP contribution >= 0.6 is 0 Å². The van der Waals surface area contributed by atoms with Crippen LogP contribution in [0.3, 0.4) is 0 Å². The van der Waals surface area contributed by atoms with Gasteiger partial charge in [-0.3, -0.25) is 4.79 Å². The molecule has 1 rings (SSSR count). The van der Waals surface area contributed by atoms with Crippen LogP contribution in [-0.4, -0.2) is 25.0 Å². The molecule has 0 saturated carbocycles. The average Bonchev–Trinajstić information content (AvgIpc) is 2.36. The van der Waals surface area contributed by atoms with Gasteiger partial charge in [0.05, 0.1) is 13.2 Å². The third-order valence-corrected chi connectivity index (χ3v) is 3.40. The molecular formula is C15H20N2O2. The number of rotatable bonds is 4. The van der Waals surface area contributed by atoms with E-state index in [1.165, 1.54) is 0 Å². The van der Waals surface area contributed by atoms with Crippen molar-refractivity contribution in [1.82, 2.24) is 4.90 Å². The summed E-state index contributed by atoms with van der Waals surface area (Å²) in [6.45, 7) is 6.54. The predicted molar refractivity (Wildman–Crippen MR) is 73.9 cm³/mol. The van der Waals surface area contributed by atoms with E-state index < -0.39 is 0 Å². The molecule has 0 radical (unpaired) electrons. The number of nitrogens with zero attached hydrogens (tertiary/aromatic N) is 2. The standard InChI is InChI=1S/C15H20N2O2/c1-10-8-13(9-17(4)14(18)6-7-16)11(2)12(3)15(10)19-5/h8H,6,9H2,1-5H3. The van der Waals surface area contributed by atoms with Crippen molar-refractivity contribution >= 4 is 5.91 Å². The van der Waals surface area contributed by atoms with E-state index in [9.17, 15) is 4.79 Å². The van der Waals surface area contributed by atoms with Gasteiger partial charge in [0, 0.05) is 13.6 Å². The van der Waals surface area contributed by atoms with Gasteiger partial charge in [-0.1, -0.05) is 6.07 Å². The van der Waals surface area contributed by atoms with Crippen molar-refractivity contribution in [1.29, 1.82) is 5.26 Å². The van der Waals surface area contributed by atoms with Crippen LogP contribution in [0.1, 0.15) is 28.7 Å². The van der Waals surface area contributed by atoms with Crippen molar-refractivity contribution in [3.05, 3.63) is 28.3 Å². The highest BCUT2D eigenvalue weighted by molar-refractivity contribution is 5.78. The van der Waals surface area contributed by atoms with Gasteiger partial charge in [-0.15, -0.1) is 0 Å². The quantitative estimate of drug-likeness (QED) is 0.835. The molecule has 0 N–H and O–H groups in total. The van der Waals surface area contributed by atoms with E-state index in [0.717, 1.165) is 28.0 Å². The maximum absolute atomic E-state index is 11.6. The first-order chi connectivity index (χ1) is 8.92. The van der Waals surface area contributed by atoms with Crippen LogP contribution in [-0.2, 0) is 11.3 Å². The van der Waals surface area contributed by atoms with E-state index in [-0.39, 0.29) is 12.3 Å². The second kappa shape index (κ2) is 6.24. The van der Waals surface area contributed by atoms with Crippen LogP contribution in [0.2, 0.25) is 0 Å². The Balaban J connectivity index is 3.04. The van der Waals surface area contributed by atoms with Gasteiger partial charge < -0.3 is 9.64 Å². The van der Waals surface area contributed by atoms with Crippen LogP contribution in [0.25, 0.3) is 0 Å². The van der Waals surface area contributed by atoms with Crippen molar-refractivity contribution in [2.45, 2.75) is 33.7 Å². The van der Waals surface area contributed by atoms with Crippen LogP contribution in [0.4, 0.5) is 0 Å². The number of carbonyl (C=O) groups is 1. The fourth-order valence-corrected chi connectivity index (χ4v) is 2.17. The minimum atomic E-state index is -0.159. The lowest BCUT2D eigenvalue weighted by Crippen LogP contribution is -2.26. The zero-order chi connectivity index (χ0) is 14.6. The van der Waals surface area contributed by atoms with E-state index in [1.807, 2.05) is 32.9 Å². The molecule has 0 fully saturated rings. The number of amides is 1. The van der Waals surface area contributed by atoms with Crippen molar-refractivity contribution in [2.75, 3.05) is 14.2 Å². The van der Waals surface area contributed by atoms with Crippen LogP contribution in [0.5, 0.6) is 5.75 Å². The molecule has 0 bridgehead atoms. The van der Waals surface area contributed by atoms with Gasteiger partial charge in [0.2, 0.25) is 5.91 Å². The van der Waals surface area contributed by atoms with E-state index >= 15 is 0 Å². The topological polar surface area (TPSA) is 53.3 Å². The monoisotopic (exact) mass is 260 g/mol. The summed E-state index contributed by atoms with van der Waals surface area (Å²) in [5.41, 5.74) is 4.36. The molecule has 0 aliphatic heterocycles. The fourth-order valence-electron chi connectivity index (χ4n) is 2.17. The van der Waals surface area contributed by atoms with E-state index in [2.05, 4.69) is 0 Å². The van der Waals surface area contributed by atoms with Crippen molar-refractivity contribution in [3.63, 3.8) is 0 Å². The Morgan fingerprint density at radius 2 is 2.00 bits per heavy atom. The summed E-state index contributed by atoms with van der Waals surface area (Å²) in [7, 11) is 3.38. The van der Waals surface area contributed by atoms with Crippen LogP contribution in [0.15, 0.2) is 6.07 Å². The number of nitriles is 1. The van der Waals surface area contributed by atoms with E-state index in [4.69, 9.17) is 10.00 Å². The molecule has 0 aliphatic carbocycles. The molecule has 1 aromatic carbocycles. The molecular weight excluding hydrogens is 240 g/mol. The van der Waals surface area contributed by atoms with Gasteiger partial charge in [-0.05, 0) is 43.0 Å². The summed E-state index contributed by atoms with van der Waals surface area (Å²) in [6, 6.07) is 3.92. The third kappa shape index (κ3) is 3.25. The molecule has 0 unspecified atom stereocenters. The van der Waals surface area contributed by atoms with Gasteiger partial charge in [0.25, 0.3) is 0 Å². The zero-order valence-electron chi connectivity index (χ0n) is 12.2. The van der Waals surface area contributed by atoms with Crippen molar-refractivity contribution < 1.29 is 9.53 Å². The van der Waals surface area contributed by atoms with Gasteiger partial charge in [0.15, 0.2) is 0 Å². The number of aryl methyl sites for hydroxylation is 1. The molecule has 0 atom stereocenters. The van der Waals surface area contributed by atoms with Gasteiger partial charge in [-0.25, -0.2) is 0 Å². The molecule has 0 spiro atoms. The van der Waals surface area contributed by atoms with Crippen LogP contribution in [0, 0.1) is 32.1 Å². The molecule has 4 nitrogen and oxygen atoms in total. The van der Waals surface area contributed by atoms with Gasteiger partial charge in [-0.2, -0.15) is 5.26 Å². The molecule has 0 aliphatic rings. The van der Waals surface area contributed by atoms with E-state index in [0.29, 0.717) is 6.54 Å². The van der Waals surface area contributed by atoms with E-state index in [1.54, 1.807) is 19.1 Å². The summed E-state index contributed by atoms with van der Waals surface area (Å²) in [5.74, 6) is 0.736. The highest BCUT2D eigenvalue weighted by atomic mass is 16.5. The first-order valence-corrected chi connectivity index (χ1v) is 6.17. The Morgan fingerprint density at radius 1 is 1.37 bits per heavy atom. The normalized spacial score (nSPS) is 9.89. The first kappa shape index (κ1) is 15.0. The summed E-state index contributed by atoms with van der Waals surface area (Å²) in [6.07, 6.45) is -0.0797. The Hall–Kier alpha value is -2.02. The highest BCUT2D eigenvalue weighted by Crippen LogP contribution is 2.29. The largest absolute Gasteiger partial charge is 0.496 e. The summed E-state index contributed by atoms with van der Waals surface area (Å²) >= 11 is 0. The molecule has 0 heterocycles. The van der Waals surface area contributed by atoms with Crippen LogP contribution < -0.4 is 4.74 Å². The second-order valence-electron chi connectivity index (χ2n) is 4.72. The third-order valence-electron chi connectivity index (χ3n) is 3.40. The fraction of sp³-hybridized carbons (Fsp3) is 0.467. The van der Waals surface area contributed by atoms with Gasteiger partial charge in [0.1, 0.15) is 12.2 Å². The number of hydrogen-bond acceptors (Lipinski definition) is 3. The Labute approximate surface area is 114 Å². The summed E-state index contributed by atoms with van der Waals surface area (Å²) in [5, 5.41) is 8.55. The first-order valence-electron chi connectivity index (χ1n) is 6.17. The minimum absolute atomic E-state index is 0.0797. The zero-order valence-corrected chi connectivity index (χ0v) is 12.2. The summed E-state index contributed by atoms with van der Waals surface area (Å²) < 4.78 is 5.38. The maximum atomic E-state index is 11.6. The Morgan fingerprint density at radius 3 is 2.53 bits per heavy atom. The second-order valence-corrected chi connectivity index (χ2v) is 4.72. The minimum Gasteiger partial charge on any atom is -0.496 e. The molecule has 19 heavy (non-hydrogen) atoms. The smallest absolute Gasteiger partial charge is 0.236 e. The predicted octanol–water partition coefficient (Wildman–Crippen LogP) is 2.49. The molecule has 1 amide bonds. The molecule has 0 aromatic heterocycles. The number of ether oxygens (including phenoxy) is 1. The van der Waals surface area contributed by atoms with Gasteiger partial charge >= 0.3 is 0 Å². The Bertz CT molecular complexity index is 530. The average molecular weight is 260 g/mol. The molecule has 4 heteroatoms. The molecule has 1 aromatic rings. The number of carbonyl (C=O) groups excluding carboxylic acids is 1. The highest BCUT2D eigenvalue weighted by Gasteiger charge is 2.14. The van der Waals surface area contributed by atoms with Crippen molar-refractivity contribution in [2.24, 2.45) is 0 Å². The molecule has 0 saturated heterocycles. The SMILES string of the molecule is COc1c(C)cc(CN(C)C(=O)CC#N)c(C)c1C. The molecule has 102 valence electrons. The lowest BCUT2D eigenvalue weighted by Gasteiger charge is -2.20. The maximum Gasteiger partial charge on any atom is 0.236 e. The number of hydrogen-bond donors (Lipinski definition) is 0. The summed E-state index contributed by atoms with van der Waals surface area (Å²) in [4.78, 5) is 13.2. The van der Waals surface area contributed by atoms with Crippen molar-refractivity contribution in [3.8, 4) is 11.8 Å². The Kier molecular flexibility index (Phi) is 4.94. The lowest BCUT2D eigenvalue weighted by atomic mass is 9.98. The number of methoxy groups -OCH3 is 1. The lowest BCUT2D eigenvalue weighted by molar-refractivity contribution is -0.129. The number of benzene rings is 1.